The van der Waals surface area contributed by atoms with E-state index in [0.717, 1.165) is 26.4 Å². The number of epoxide rings is 2. The van der Waals surface area contributed by atoms with Gasteiger partial charge in [-0.3, -0.25) is 0 Å². The third kappa shape index (κ3) is 7.46. The van der Waals surface area contributed by atoms with Gasteiger partial charge in [0.15, 0.2) is 0 Å². The molecule has 2 aliphatic rings. The van der Waals surface area contributed by atoms with E-state index in [1.165, 1.54) is 21.3 Å². The lowest BCUT2D eigenvalue weighted by molar-refractivity contribution is 0.0133. The average Bonchev–Trinajstić information content (AvgIpc) is 3.37. The van der Waals surface area contributed by atoms with Crippen molar-refractivity contribution in [2.45, 2.75) is 12.2 Å². The Balaban J connectivity index is 0.000000202. The van der Waals surface area contributed by atoms with Crippen LogP contribution in [-0.2, 0) is 31.9 Å². The molecule has 2 unspecified atom stereocenters. The van der Waals surface area contributed by atoms with Crippen molar-refractivity contribution in [3.63, 3.8) is 0 Å². The minimum absolute atomic E-state index is 0.363. The Hall–Kier alpha value is -0.323. The van der Waals surface area contributed by atoms with E-state index in [1.807, 2.05) is 0 Å². The summed E-state index contributed by atoms with van der Waals surface area (Å²) in [7, 11) is 1.66. The van der Waals surface area contributed by atoms with E-state index >= 15 is 0 Å². The maximum atomic E-state index is 5.23. The Labute approximate surface area is 121 Å². The van der Waals surface area contributed by atoms with E-state index in [2.05, 4.69) is 6.58 Å². The molecule has 0 bridgehead atoms. The molecule has 2 rings (SSSR count). The summed E-state index contributed by atoms with van der Waals surface area (Å²) in [5.74, 6) is 0. The van der Waals surface area contributed by atoms with Crippen LogP contribution in [0.1, 0.15) is 0 Å². The third-order valence-electron chi connectivity index (χ3n) is 2.54. The molecule has 118 valence electrons. The number of rotatable bonds is 10. The molecule has 2 atom stereocenters. The van der Waals surface area contributed by atoms with E-state index in [4.69, 9.17) is 31.9 Å². The topological polar surface area (TPSA) is 71.2 Å². The fourth-order valence-electron chi connectivity index (χ4n) is 1.25. The molecule has 0 amide bonds. The summed E-state index contributed by atoms with van der Waals surface area (Å²) in [4.78, 5) is 0. The molecule has 0 saturated carbocycles. The highest BCUT2D eigenvalue weighted by Gasteiger charge is 2.41. The normalized spacial score (nSPS) is 23.8. The Bertz CT molecular complexity index is 244. The summed E-state index contributed by atoms with van der Waals surface area (Å²) in [5.41, 5.74) is 0. The van der Waals surface area contributed by atoms with Gasteiger partial charge in [0.25, 0.3) is 0 Å². The van der Waals surface area contributed by atoms with Crippen LogP contribution in [-0.4, -0.2) is 75.6 Å². The first kappa shape index (κ1) is 17.7. The zero-order valence-electron chi connectivity index (χ0n) is 12.3. The number of hydrogen-bond acceptors (Lipinski definition) is 7. The van der Waals surface area contributed by atoms with E-state index in [0.29, 0.717) is 18.8 Å². The monoisotopic (exact) mass is 308 g/mol. The molecule has 8 heteroatoms. The van der Waals surface area contributed by atoms with Gasteiger partial charge in [0.2, 0.25) is 0 Å². The SMILES string of the molecule is C(OCC1CO1)C1CO1.C=CCO[Si](OC)(OC)OC. The van der Waals surface area contributed by atoms with Gasteiger partial charge in [-0.05, 0) is 0 Å². The van der Waals surface area contributed by atoms with Crippen LogP contribution in [0, 0.1) is 0 Å². The first-order valence-electron chi connectivity index (χ1n) is 6.41. The van der Waals surface area contributed by atoms with Crippen molar-refractivity contribution in [3.05, 3.63) is 12.7 Å². The fraction of sp³-hybridized carbons (Fsp3) is 0.833. The Morgan fingerprint density at radius 1 is 1.05 bits per heavy atom. The minimum atomic E-state index is -2.81. The maximum Gasteiger partial charge on any atom is 0.679 e. The second-order valence-corrected chi connectivity index (χ2v) is 6.67. The summed E-state index contributed by atoms with van der Waals surface area (Å²) >= 11 is 0. The van der Waals surface area contributed by atoms with Crippen LogP contribution in [0.2, 0.25) is 0 Å². The van der Waals surface area contributed by atoms with E-state index in [1.54, 1.807) is 6.08 Å². The van der Waals surface area contributed by atoms with E-state index in [9.17, 15) is 0 Å². The molecule has 0 radical (unpaired) electrons. The maximum absolute atomic E-state index is 5.23. The second-order valence-electron chi connectivity index (χ2n) is 4.16. The molecule has 0 aromatic carbocycles. The summed E-state index contributed by atoms with van der Waals surface area (Å²) in [6.07, 6.45) is 2.39. The van der Waals surface area contributed by atoms with Crippen LogP contribution >= 0.6 is 0 Å². The molecular formula is C12H24O7Si. The predicted molar refractivity (Wildman–Crippen MR) is 73.2 cm³/mol. The molecule has 0 N–H and O–H groups in total. The zero-order chi connectivity index (χ0) is 14.8. The summed E-state index contributed by atoms with van der Waals surface area (Å²) < 4.78 is 35.2. The minimum Gasteiger partial charge on any atom is -0.376 e. The molecule has 0 spiro atoms. The first-order valence-corrected chi connectivity index (χ1v) is 8.04. The quantitative estimate of drug-likeness (QED) is 0.328. The van der Waals surface area contributed by atoms with E-state index < -0.39 is 9.05 Å². The third-order valence-corrected chi connectivity index (χ3v) is 4.56. The van der Waals surface area contributed by atoms with Gasteiger partial charge in [-0.2, -0.15) is 0 Å². The standard InChI is InChI=1S/C6H14O4Si.C6H10O3/c1-5-6-10-11(7-2,8-3)9-4;1(5-3-8-5)7-2-6-4-9-6/h5H,1,6H2,2-4H3;5-6H,1-4H2. The highest BCUT2D eigenvalue weighted by Crippen LogP contribution is 2.12. The fourth-order valence-corrected chi connectivity index (χ4v) is 2.42. The van der Waals surface area contributed by atoms with Crippen molar-refractivity contribution in [1.29, 1.82) is 0 Å². The largest absolute Gasteiger partial charge is 0.679 e. The number of ether oxygens (including phenoxy) is 3. The van der Waals surface area contributed by atoms with Crippen LogP contribution in [0.4, 0.5) is 0 Å². The van der Waals surface area contributed by atoms with Crippen LogP contribution in [0.25, 0.3) is 0 Å². The van der Waals surface area contributed by atoms with Gasteiger partial charge in [0.1, 0.15) is 12.2 Å². The highest BCUT2D eigenvalue weighted by molar-refractivity contribution is 6.53. The lowest BCUT2D eigenvalue weighted by Crippen LogP contribution is -2.46. The van der Waals surface area contributed by atoms with Crippen LogP contribution in [0.3, 0.4) is 0 Å². The van der Waals surface area contributed by atoms with Gasteiger partial charge in [0.05, 0.1) is 33.0 Å². The lowest BCUT2D eigenvalue weighted by atomic mass is 10.5. The van der Waals surface area contributed by atoms with Crippen molar-refractivity contribution >= 4 is 9.05 Å². The molecule has 2 heterocycles. The molecule has 7 nitrogen and oxygen atoms in total. The molecule has 2 aliphatic heterocycles. The Kier molecular flexibility index (Phi) is 8.49. The molecule has 20 heavy (non-hydrogen) atoms. The van der Waals surface area contributed by atoms with Gasteiger partial charge in [0, 0.05) is 21.3 Å². The Morgan fingerprint density at radius 2 is 1.50 bits per heavy atom. The molecule has 2 fully saturated rings. The van der Waals surface area contributed by atoms with Crippen LogP contribution in [0.15, 0.2) is 12.7 Å². The van der Waals surface area contributed by atoms with Crippen molar-refractivity contribution in [1.82, 2.24) is 0 Å². The van der Waals surface area contributed by atoms with Gasteiger partial charge < -0.3 is 31.9 Å². The molecule has 0 aromatic rings. The molecular weight excluding hydrogens is 284 g/mol. The second kappa shape index (κ2) is 9.58. The average molecular weight is 308 g/mol. The summed E-state index contributed by atoms with van der Waals surface area (Å²) in [6, 6.07) is 0. The van der Waals surface area contributed by atoms with Crippen LogP contribution < -0.4 is 0 Å². The van der Waals surface area contributed by atoms with Gasteiger partial charge in [-0.15, -0.1) is 6.58 Å². The first-order chi connectivity index (χ1) is 9.69. The van der Waals surface area contributed by atoms with Crippen molar-refractivity contribution in [2.24, 2.45) is 0 Å². The summed E-state index contributed by atoms with van der Waals surface area (Å²) in [5, 5.41) is 0. The van der Waals surface area contributed by atoms with Crippen molar-refractivity contribution in [3.8, 4) is 0 Å². The zero-order valence-corrected chi connectivity index (χ0v) is 13.3. The smallest absolute Gasteiger partial charge is 0.376 e. The van der Waals surface area contributed by atoms with Gasteiger partial charge in [-0.25, -0.2) is 0 Å². The molecule has 0 aromatic heterocycles. The Morgan fingerprint density at radius 3 is 1.80 bits per heavy atom. The molecule has 0 aliphatic carbocycles. The number of hydrogen-bond donors (Lipinski definition) is 0. The lowest BCUT2D eigenvalue weighted by Gasteiger charge is -2.21. The van der Waals surface area contributed by atoms with E-state index in [-0.39, 0.29) is 0 Å². The summed E-state index contributed by atoms with van der Waals surface area (Å²) in [6.45, 7) is 7.12. The van der Waals surface area contributed by atoms with Crippen molar-refractivity contribution in [2.75, 3.05) is 54.4 Å². The molecule has 2 saturated heterocycles. The predicted octanol–water partition coefficient (Wildman–Crippen LogP) is 0.364. The van der Waals surface area contributed by atoms with Crippen LogP contribution in [0.5, 0.6) is 0 Å². The highest BCUT2D eigenvalue weighted by atomic mass is 28.4. The van der Waals surface area contributed by atoms with Gasteiger partial charge in [-0.1, -0.05) is 6.08 Å². The van der Waals surface area contributed by atoms with Gasteiger partial charge >= 0.3 is 9.05 Å². The van der Waals surface area contributed by atoms with Crippen molar-refractivity contribution < 1.29 is 31.9 Å².